The van der Waals surface area contributed by atoms with E-state index >= 15 is 0 Å². The van der Waals surface area contributed by atoms with E-state index in [0.29, 0.717) is 19.6 Å². The van der Waals surface area contributed by atoms with Crippen molar-refractivity contribution in [3.05, 3.63) is 89.4 Å². The Kier molecular flexibility index (Phi) is 6.86. The first kappa shape index (κ1) is 23.2. The highest BCUT2D eigenvalue weighted by molar-refractivity contribution is 7.16. The summed E-state index contributed by atoms with van der Waals surface area (Å²) >= 11 is 1.68. The minimum Gasteiger partial charge on any atom is -0.334 e. The Morgan fingerprint density at radius 2 is 1.74 bits per heavy atom. The van der Waals surface area contributed by atoms with Crippen LogP contribution in [0, 0.1) is 0 Å². The number of nitrogens with zero attached hydrogens (tertiary/aromatic N) is 3. The first-order valence-corrected chi connectivity index (χ1v) is 13.0. The maximum atomic E-state index is 13.6. The molecule has 0 aliphatic carbocycles. The Morgan fingerprint density at radius 1 is 1.00 bits per heavy atom. The predicted molar refractivity (Wildman–Crippen MR) is 142 cm³/mol. The van der Waals surface area contributed by atoms with Crippen LogP contribution in [0.1, 0.15) is 29.4 Å². The van der Waals surface area contributed by atoms with Crippen molar-refractivity contribution in [2.24, 2.45) is 0 Å². The fourth-order valence-corrected chi connectivity index (χ4v) is 5.71. The van der Waals surface area contributed by atoms with Crippen LogP contribution < -0.4 is 5.32 Å². The van der Waals surface area contributed by atoms with Crippen LogP contribution in [0.3, 0.4) is 0 Å². The second-order valence-corrected chi connectivity index (χ2v) is 9.94. The molecular weight excluding hydrogens is 456 g/mol. The molecule has 1 aliphatic rings. The van der Waals surface area contributed by atoms with Gasteiger partial charge in [-0.25, -0.2) is 4.79 Å². The van der Waals surface area contributed by atoms with E-state index in [1.165, 1.54) is 5.56 Å². The third-order valence-corrected chi connectivity index (χ3v) is 7.56. The number of amides is 3. The minimum absolute atomic E-state index is 0.0445. The van der Waals surface area contributed by atoms with Gasteiger partial charge >= 0.3 is 6.03 Å². The van der Waals surface area contributed by atoms with Crippen LogP contribution in [-0.2, 0) is 13.0 Å². The van der Waals surface area contributed by atoms with Crippen molar-refractivity contribution in [2.45, 2.75) is 32.4 Å². The number of benzene rings is 2. The molecule has 6 nitrogen and oxygen atoms in total. The summed E-state index contributed by atoms with van der Waals surface area (Å²) in [5.74, 6) is 0.0445. The van der Waals surface area contributed by atoms with E-state index in [2.05, 4.69) is 45.6 Å². The number of hydrogen-bond donors (Lipinski definition) is 1. The highest BCUT2D eigenvalue weighted by atomic mass is 32.1. The lowest BCUT2D eigenvalue weighted by Crippen LogP contribution is -2.56. The van der Waals surface area contributed by atoms with Gasteiger partial charge in [0.2, 0.25) is 0 Å². The number of urea groups is 1. The van der Waals surface area contributed by atoms with Gasteiger partial charge in [0, 0.05) is 43.3 Å². The number of thiophene rings is 1. The number of anilines is 1. The highest BCUT2D eigenvalue weighted by Crippen LogP contribution is 2.27. The smallest absolute Gasteiger partial charge is 0.322 e. The number of carbonyl (C=O) groups excluding carboxylic acids is 2. The fraction of sp³-hybridized carbons (Fsp3) is 0.286. The zero-order valence-electron chi connectivity index (χ0n) is 19.9. The number of aryl methyl sites for hydroxylation is 2. The first-order valence-electron chi connectivity index (χ1n) is 12.1. The average molecular weight is 487 g/mol. The van der Waals surface area contributed by atoms with Crippen LogP contribution in [0.4, 0.5) is 10.5 Å². The van der Waals surface area contributed by atoms with Gasteiger partial charge in [-0.3, -0.25) is 4.79 Å². The van der Waals surface area contributed by atoms with Crippen molar-refractivity contribution < 1.29 is 9.59 Å². The molecule has 2 aromatic carbocycles. The van der Waals surface area contributed by atoms with Gasteiger partial charge in [0.15, 0.2) is 0 Å². The molecule has 5 rings (SSSR count). The summed E-state index contributed by atoms with van der Waals surface area (Å²) in [7, 11) is 0. The van der Waals surface area contributed by atoms with E-state index < -0.39 is 0 Å². The van der Waals surface area contributed by atoms with Crippen LogP contribution in [0.2, 0.25) is 0 Å². The highest BCUT2D eigenvalue weighted by Gasteiger charge is 2.31. The lowest BCUT2D eigenvalue weighted by atomic mass is 10.1. The minimum atomic E-state index is -0.124. The van der Waals surface area contributed by atoms with Gasteiger partial charge in [-0.05, 0) is 55.0 Å². The number of rotatable bonds is 6. The molecule has 180 valence electrons. The fourth-order valence-electron chi connectivity index (χ4n) is 4.78. The Labute approximate surface area is 209 Å². The number of hydrogen-bond acceptors (Lipinski definition) is 3. The number of piperazine rings is 1. The summed E-state index contributed by atoms with van der Waals surface area (Å²) in [5.41, 5.74) is 2.83. The lowest BCUT2D eigenvalue weighted by Gasteiger charge is -2.39. The maximum Gasteiger partial charge on any atom is 0.322 e. The molecule has 0 radical (unpaired) electrons. The van der Waals surface area contributed by atoms with Crippen LogP contribution in [0.5, 0.6) is 0 Å². The van der Waals surface area contributed by atoms with Gasteiger partial charge in [0.1, 0.15) is 10.5 Å². The quantitative estimate of drug-likeness (QED) is 0.379. The topological polar surface area (TPSA) is 57.6 Å². The largest absolute Gasteiger partial charge is 0.334 e. The molecule has 3 amide bonds. The van der Waals surface area contributed by atoms with E-state index in [-0.39, 0.29) is 18.0 Å². The van der Waals surface area contributed by atoms with Crippen LogP contribution in [0.25, 0.3) is 10.2 Å². The average Bonchev–Trinajstić information content (AvgIpc) is 3.47. The Morgan fingerprint density at radius 3 is 2.49 bits per heavy atom. The summed E-state index contributed by atoms with van der Waals surface area (Å²) in [5, 5.41) is 6.16. The van der Waals surface area contributed by atoms with Crippen molar-refractivity contribution in [1.29, 1.82) is 0 Å². The Bertz CT molecular complexity index is 1300. The Balaban J connectivity index is 1.26. The van der Waals surface area contributed by atoms with Crippen molar-refractivity contribution >= 4 is 39.2 Å². The second kappa shape index (κ2) is 10.4. The van der Waals surface area contributed by atoms with Crippen molar-refractivity contribution in [1.82, 2.24) is 14.4 Å². The molecule has 0 saturated carbocycles. The van der Waals surface area contributed by atoms with Crippen LogP contribution in [0.15, 0.2) is 78.2 Å². The van der Waals surface area contributed by atoms with E-state index in [0.717, 1.165) is 41.0 Å². The molecular formula is C28H30N4O2S. The first-order chi connectivity index (χ1) is 17.1. The van der Waals surface area contributed by atoms with Gasteiger partial charge in [-0.2, -0.15) is 0 Å². The van der Waals surface area contributed by atoms with Crippen LogP contribution >= 0.6 is 11.3 Å². The summed E-state index contributed by atoms with van der Waals surface area (Å²) in [6.07, 6.45) is 1.95. The van der Waals surface area contributed by atoms with E-state index in [1.807, 2.05) is 59.2 Å². The number of aromatic nitrogens is 1. The maximum absolute atomic E-state index is 13.6. The van der Waals surface area contributed by atoms with Crippen LogP contribution in [-0.4, -0.2) is 52.0 Å². The van der Waals surface area contributed by atoms with E-state index in [1.54, 1.807) is 11.3 Å². The molecule has 2 aromatic heterocycles. The standard InChI is InChI=1S/C28H30N4O2S/c1-21-20-30(16-17-31(21)28(34)29-24-12-6-3-7-13-24)26(33)25-19-23-14-18-35-27(23)32(25)15-8-11-22-9-4-2-5-10-22/h2-7,9-10,12-14,18-19,21H,8,11,15-17,20H2,1H3,(H,29,34). The molecule has 1 atom stereocenters. The van der Waals surface area contributed by atoms with E-state index in [4.69, 9.17) is 0 Å². The summed E-state index contributed by atoms with van der Waals surface area (Å²) in [4.78, 5) is 31.3. The SMILES string of the molecule is CC1CN(C(=O)c2cc3ccsc3n2CCCc2ccccc2)CCN1C(=O)Nc1ccccc1. The molecule has 0 bridgehead atoms. The third-order valence-electron chi connectivity index (χ3n) is 6.61. The molecule has 1 saturated heterocycles. The number of para-hydroxylation sites is 1. The number of fused-ring (bicyclic) bond motifs is 1. The van der Waals surface area contributed by atoms with Gasteiger partial charge in [-0.15, -0.1) is 11.3 Å². The number of carbonyl (C=O) groups is 2. The molecule has 1 unspecified atom stereocenters. The summed E-state index contributed by atoms with van der Waals surface area (Å²) < 4.78 is 2.18. The van der Waals surface area contributed by atoms with E-state index in [9.17, 15) is 9.59 Å². The molecule has 1 aliphatic heterocycles. The molecule has 0 spiro atoms. The summed E-state index contributed by atoms with van der Waals surface area (Å²) in [6.45, 7) is 4.35. The van der Waals surface area contributed by atoms with Crippen molar-refractivity contribution in [3.8, 4) is 0 Å². The molecule has 1 fully saturated rings. The zero-order valence-corrected chi connectivity index (χ0v) is 20.7. The molecule has 35 heavy (non-hydrogen) atoms. The number of nitrogens with one attached hydrogen (secondary N) is 1. The molecule has 3 heterocycles. The lowest BCUT2D eigenvalue weighted by molar-refractivity contribution is 0.0582. The van der Waals surface area contributed by atoms with Gasteiger partial charge in [0.05, 0.1) is 0 Å². The monoisotopic (exact) mass is 486 g/mol. The Hall–Kier alpha value is -3.58. The van der Waals surface area contributed by atoms with Gasteiger partial charge < -0.3 is 19.7 Å². The normalized spacial score (nSPS) is 16.0. The zero-order chi connectivity index (χ0) is 24.2. The van der Waals surface area contributed by atoms with Gasteiger partial charge in [-0.1, -0.05) is 48.5 Å². The van der Waals surface area contributed by atoms with Crippen molar-refractivity contribution in [3.63, 3.8) is 0 Å². The van der Waals surface area contributed by atoms with Crippen molar-refractivity contribution in [2.75, 3.05) is 25.0 Å². The predicted octanol–water partition coefficient (Wildman–Crippen LogP) is 5.71. The molecule has 1 N–H and O–H groups in total. The molecule has 4 aromatic rings. The summed E-state index contributed by atoms with van der Waals surface area (Å²) in [6, 6.07) is 23.8. The second-order valence-electron chi connectivity index (χ2n) is 9.04. The third kappa shape index (κ3) is 5.10. The van der Waals surface area contributed by atoms with Gasteiger partial charge in [0.25, 0.3) is 5.91 Å². The molecule has 7 heteroatoms.